The van der Waals surface area contributed by atoms with E-state index in [9.17, 15) is 10.1 Å². The number of allylic oxidation sites excluding steroid dienone is 1. The molecular weight excluding hydrogens is 216 g/mol. The Kier molecular flexibility index (Phi) is 2.45. The maximum absolute atomic E-state index is 10.8. The van der Waals surface area contributed by atoms with Crippen molar-refractivity contribution >= 4 is 11.4 Å². The maximum Gasteiger partial charge on any atom is 0.269 e. The van der Waals surface area contributed by atoms with Crippen LogP contribution in [-0.2, 0) is 5.41 Å². The number of hydrogen-bond acceptors (Lipinski definition) is 3. The summed E-state index contributed by atoms with van der Waals surface area (Å²) in [6.07, 6.45) is 2.08. The summed E-state index contributed by atoms with van der Waals surface area (Å²) in [5.74, 6) is 0. The minimum Gasteiger partial charge on any atom is -0.351 e. The van der Waals surface area contributed by atoms with Gasteiger partial charge in [-0.1, -0.05) is 13.8 Å². The second kappa shape index (κ2) is 3.58. The largest absolute Gasteiger partial charge is 0.351 e. The number of non-ortho nitro benzene ring substituents is 1. The molecule has 1 heterocycles. The van der Waals surface area contributed by atoms with Crippen LogP contribution in [0.3, 0.4) is 0 Å². The molecule has 0 unspecified atom stereocenters. The summed E-state index contributed by atoms with van der Waals surface area (Å²) in [7, 11) is 1.96. The van der Waals surface area contributed by atoms with E-state index < -0.39 is 0 Å². The summed E-state index contributed by atoms with van der Waals surface area (Å²) in [6.45, 7) is 6.24. The molecule has 0 spiro atoms. The molecule has 0 fully saturated rings. The fourth-order valence-corrected chi connectivity index (χ4v) is 2.18. The number of fused-ring (bicyclic) bond motifs is 1. The summed E-state index contributed by atoms with van der Waals surface area (Å²) >= 11 is 0. The first-order chi connectivity index (χ1) is 7.84. The second-order valence-electron chi connectivity index (χ2n) is 5.01. The molecule has 0 saturated carbocycles. The lowest BCUT2D eigenvalue weighted by Gasteiger charge is -2.36. The highest BCUT2D eigenvalue weighted by molar-refractivity contribution is 5.66. The molecule has 4 heteroatoms. The molecule has 0 saturated heterocycles. The SMILES string of the molecule is CC1=CN(C)c2ccc([N+](=O)[O-])cc2C1(C)C. The Morgan fingerprint density at radius 3 is 2.59 bits per heavy atom. The van der Waals surface area contributed by atoms with Gasteiger partial charge in [-0.05, 0) is 24.1 Å². The van der Waals surface area contributed by atoms with Gasteiger partial charge in [0.2, 0.25) is 0 Å². The number of hydrogen-bond donors (Lipinski definition) is 0. The zero-order valence-corrected chi connectivity index (χ0v) is 10.5. The Bertz CT molecular complexity index is 518. The quantitative estimate of drug-likeness (QED) is 0.551. The Labute approximate surface area is 101 Å². The van der Waals surface area contributed by atoms with Gasteiger partial charge in [0.15, 0.2) is 0 Å². The van der Waals surface area contributed by atoms with Crippen LogP contribution < -0.4 is 4.90 Å². The lowest BCUT2D eigenvalue weighted by atomic mass is 9.75. The van der Waals surface area contributed by atoms with E-state index in [0.29, 0.717) is 0 Å². The van der Waals surface area contributed by atoms with Gasteiger partial charge in [-0.25, -0.2) is 0 Å². The average molecular weight is 232 g/mol. The van der Waals surface area contributed by atoms with Crippen molar-refractivity contribution in [2.75, 3.05) is 11.9 Å². The maximum atomic E-state index is 10.8. The molecule has 17 heavy (non-hydrogen) atoms. The molecule has 0 N–H and O–H groups in total. The van der Waals surface area contributed by atoms with Crippen molar-refractivity contribution in [1.29, 1.82) is 0 Å². The fourth-order valence-electron chi connectivity index (χ4n) is 2.18. The van der Waals surface area contributed by atoms with Crippen molar-refractivity contribution < 1.29 is 4.92 Å². The van der Waals surface area contributed by atoms with E-state index in [0.717, 1.165) is 11.3 Å². The Hall–Kier alpha value is -1.84. The lowest BCUT2D eigenvalue weighted by Crippen LogP contribution is -2.29. The number of nitrogens with zero attached hydrogens (tertiary/aromatic N) is 2. The summed E-state index contributed by atoms with van der Waals surface area (Å²) in [5.41, 5.74) is 3.24. The van der Waals surface area contributed by atoms with Crippen molar-refractivity contribution in [3.05, 3.63) is 45.6 Å². The summed E-state index contributed by atoms with van der Waals surface area (Å²) in [6, 6.07) is 5.06. The molecule has 1 aliphatic rings. The van der Waals surface area contributed by atoms with E-state index >= 15 is 0 Å². The molecule has 1 aromatic carbocycles. The Balaban J connectivity index is 2.65. The molecule has 0 atom stereocenters. The molecule has 0 amide bonds. The van der Waals surface area contributed by atoms with Crippen molar-refractivity contribution in [1.82, 2.24) is 0 Å². The van der Waals surface area contributed by atoms with E-state index in [1.54, 1.807) is 12.1 Å². The van der Waals surface area contributed by atoms with Crippen LogP contribution in [0.4, 0.5) is 11.4 Å². The molecular formula is C13H16N2O2. The highest BCUT2D eigenvalue weighted by atomic mass is 16.6. The smallest absolute Gasteiger partial charge is 0.269 e. The van der Waals surface area contributed by atoms with Crippen LogP contribution in [0.2, 0.25) is 0 Å². The van der Waals surface area contributed by atoms with E-state index in [2.05, 4.69) is 27.0 Å². The van der Waals surface area contributed by atoms with Gasteiger partial charge < -0.3 is 4.90 Å². The molecule has 1 aliphatic heterocycles. The van der Waals surface area contributed by atoms with E-state index in [1.165, 1.54) is 5.57 Å². The van der Waals surface area contributed by atoms with Crippen LogP contribution in [-0.4, -0.2) is 12.0 Å². The molecule has 4 nitrogen and oxygen atoms in total. The summed E-state index contributed by atoms with van der Waals surface area (Å²) in [5, 5.41) is 10.8. The van der Waals surface area contributed by atoms with Crippen molar-refractivity contribution in [2.45, 2.75) is 26.2 Å². The van der Waals surface area contributed by atoms with Gasteiger partial charge in [-0.2, -0.15) is 0 Å². The van der Waals surface area contributed by atoms with Gasteiger partial charge in [-0.3, -0.25) is 10.1 Å². The number of nitro benzene ring substituents is 1. The summed E-state index contributed by atoms with van der Waals surface area (Å²) < 4.78 is 0. The third-order valence-corrected chi connectivity index (χ3v) is 3.62. The molecule has 0 aromatic heterocycles. The van der Waals surface area contributed by atoms with E-state index in [-0.39, 0.29) is 16.0 Å². The van der Waals surface area contributed by atoms with Gasteiger partial charge in [0, 0.05) is 36.5 Å². The van der Waals surface area contributed by atoms with Crippen LogP contribution >= 0.6 is 0 Å². The minimum absolute atomic E-state index is 0.153. The first kappa shape index (κ1) is 11.6. The predicted molar refractivity (Wildman–Crippen MR) is 68.3 cm³/mol. The zero-order chi connectivity index (χ0) is 12.8. The van der Waals surface area contributed by atoms with Crippen molar-refractivity contribution in [3.8, 4) is 0 Å². The highest BCUT2D eigenvalue weighted by Gasteiger charge is 2.32. The normalized spacial score (nSPS) is 17.4. The Morgan fingerprint density at radius 1 is 1.35 bits per heavy atom. The van der Waals surface area contributed by atoms with Gasteiger partial charge >= 0.3 is 0 Å². The molecule has 0 aliphatic carbocycles. The monoisotopic (exact) mass is 232 g/mol. The van der Waals surface area contributed by atoms with Gasteiger partial charge in [0.1, 0.15) is 0 Å². The average Bonchev–Trinajstić information content (AvgIpc) is 2.26. The lowest BCUT2D eigenvalue weighted by molar-refractivity contribution is -0.384. The van der Waals surface area contributed by atoms with Gasteiger partial charge in [-0.15, -0.1) is 0 Å². The van der Waals surface area contributed by atoms with Crippen LogP contribution in [0.5, 0.6) is 0 Å². The van der Waals surface area contributed by atoms with Crippen molar-refractivity contribution in [2.24, 2.45) is 0 Å². The second-order valence-corrected chi connectivity index (χ2v) is 5.01. The highest BCUT2D eigenvalue weighted by Crippen LogP contribution is 2.42. The third kappa shape index (κ3) is 1.69. The number of benzene rings is 1. The first-order valence-corrected chi connectivity index (χ1v) is 5.54. The zero-order valence-electron chi connectivity index (χ0n) is 10.5. The minimum atomic E-state index is -0.343. The van der Waals surface area contributed by atoms with Gasteiger partial charge in [0.25, 0.3) is 5.69 Å². The molecule has 90 valence electrons. The number of anilines is 1. The van der Waals surface area contributed by atoms with Crippen molar-refractivity contribution in [3.63, 3.8) is 0 Å². The number of nitro groups is 1. The predicted octanol–water partition coefficient (Wildman–Crippen LogP) is 3.23. The fraction of sp³-hybridized carbons (Fsp3) is 0.385. The van der Waals surface area contributed by atoms with Crippen LogP contribution in [0.25, 0.3) is 0 Å². The number of rotatable bonds is 1. The topological polar surface area (TPSA) is 46.4 Å². The Morgan fingerprint density at radius 2 is 2.00 bits per heavy atom. The van der Waals surface area contributed by atoms with Crippen LogP contribution in [0.1, 0.15) is 26.3 Å². The molecule has 2 rings (SSSR count). The molecule has 0 bridgehead atoms. The van der Waals surface area contributed by atoms with Crippen LogP contribution in [0, 0.1) is 10.1 Å². The summed E-state index contributed by atoms with van der Waals surface area (Å²) in [4.78, 5) is 12.5. The van der Waals surface area contributed by atoms with E-state index in [4.69, 9.17) is 0 Å². The van der Waals surface area contributed by atoms with Gasteiger partial charge in [0.05, 0.1) is 4.92 Å². The molecule has 1 aromatic rings. The molecule has 0 radical (unpaired) electrons. The third-order valence-electron chi connectivity index (χ3n) is 3.62. The van der Waals surface area contributed by atoms with Crippen LogP contribution in [0.15, 0.2) is 30.0 Å². The standard InChI is InChI=1S/C13H16N2O2/c1-9-8-14(4)12-6-5-10(15(16)17)7-11(12)13(9,2)3/h5-8H,1-4H3. The van der Waals surface area contributed by atoms with E-state index in [1.807, 2.05) is 18.0 Å². The first-order valence-electron chi connectivity index (χ1n) is 5.54.